The third-order valence-electron chi connectivity index (χ3n) is 4.49. The first-order valence-electron chi connectivity index (χ1n) is 8.47. The fraction of sp³-hybridized carbons (Fsp3) is 0.263. The predicted octanol–water partition coefficient (Wildman–Crippen LogP) is 3.07. The molecule has 0 bridgehead atoms. The number of halogens is 3. The Morgan fingerprint density at radius 2 is 1.78 bits per heavy atom. The lowest BCUT2D eigenvalue weighted by Crippen LogP contribution is -2.45. The molecule has 5 nitrogen and oxygen atoms in total. The molecule has 0 aromatic heterocycles. The molecule has 2 atom stereocenters. The smallest absolute Gasteiger partial charge is 0.319 e. The number of aryl methyl sites for hydroxylation is 1. The Kier molecular flexibility index (Phi) is 5.34. The first-order valence-corrected chi connectivity index (χ1v) is 8.47. The molecular weight excluding hydrogens is 359 g/mol. The van der Waals surface area contributed by atoms with E-state index in [1.807, 2.05) is 0 Å². The van der Waals surface area contributed by atoms with Gasteiger partial charge in [-0.3, -0.25) is 4.79 Å². The van der Waals surface area contributed by atoms with Gasteiger partial charge in [-0.05, 0) is 48.4 Å². The molecule has 3 rings (SSSR count). The van der Waals surface area contributed by atoms with Crippen molar-refractivity contribution < 1.29 is 22.8 Å². The van der Waals surface area contributed by atoms with Crippen molar-refractivity contribution in [2.24, 2.45) is 0 Å². The summed E-state index contributed by atoms with van der Waals surface area (Å²) >= 11 is 0. The summed E-state index contributed by atoms with van der Waals surface area (Å²) < 4.78 is 41.8. The fourth-order valence-electron chi connectivity index (χ4n) is 3.09. The lowest BCUT2D eigenvalue weighted by atomic mass is 9.91. The molecule has 0 aliphatic carbocycles. The Morgan fingerprint density at radius 3 is 2.37 bits per heavy atom. The molecule has 3 N–H and O–H groups in total. The highest BCUT2D eigenvalue weighted by Crippen LogP contribution is 2.29. The largest absolute Gasteiger partial charge is 0.354 e. The van der Waals surface area contributed by atoms with Crippen LogP contribution in [0.4, 0.5) is 23.7 Å². The highest BCUT2D eigenvalue weighted by Gasteiger charge is 2.39. The Balaban J connectivity index is 1.78. The molecule has 1 aliphatic rings. The molecule has 1 saturated heterocycles. The van der Waals surface area contributed by atoms with Crippen molar-refractivity contribution in [3.05, 3.63) is 65.0 Å². The van der Waals surface area contributed by atoms with Crippen LogP contribution < -0.4 is 16.0 Å². The molecule has 8 heteroatoms. The zero-order chi connectivity index (χ0) is 19.6. The molecule has 0 saturated carbocycles. The van der Waals surface area contributed by atoms with Gasteiger partial charge in [0.15, 0.2) is 0 Å². The molecule has 2 aromatic carbocycles. The van der Waals surface area contributed by atoms with E-state index in [1.54, 1.807) is 6.92 Å². The second kappa shape index (κ2) is 7.69. The standard InChI is InChI=1S/C19H18F3N3O2/c1-2-10-7-14(21)16(15(22)8-10)13-9-23-18(26)17(13)25-19(27)24-12-5-3-11(20)4-6-12/h3-8,13,17H,2,9H2,1H3,(H,23,26)(H2,24,25,27). The average Bonchev–Trinajstić information content (AvgIpc) is 2.97. The minimum atomic E-state index is -1.14. The van der Waals surface area contributed by atoms with Gasteiger partial charge in [-0.15, -0.1) is 0 Å². The van der Waals surface area contributed by atoms with Crippen LogP contribution in [0.2, 0.25) is 0 Å². The number of carbonyl (C=O) groups excluding carboxylic acids is 2. The number of urea groups is 1. The van der Waals surface area contributed by atoms with Crippen molar-refractivity contribution in [3.8, 4) is 0 Å². The van der Waals surface area contributed by atoms with E-state index in [-0.39, 0.29) is 12.1 Å². The monoisotopic (exact) mass is 377 g/mol. The number of nitrogens with one attached hydrogen (secondary N) is 3. The number of carbonyl (C=O) groups is 2. The van der Waals surface area contributed by atoms with Gasteiger partial charge in [0.1, 0.15) is 23.5 Å². The first-order chi connectivity index (χ1) is 12.9. The summed E-state index contributed by atoms with van der Waals surface area (Å²) in [6.45, 7) is 1.78. The molecule has 2 aromatic rings. The zero-order valence-corrected chi connectivity index (χ0v) is 14.5. The van der Waals surface area contributed by atoms with Crippen molar-refractivity contribution in [2.75, 3.05) is 11.9 Å². The number of anilines is 1. The number of rotatable bonds is 4. The Labute approximate surface area is 154 Å². The minimum absolute atomic E-state index is 0.000357. The van der Waals surface area contributed by atoms with Gasteiger partial charge in [-0.2, -0.15) is 0 Å². The van der Waals surface area contributed by atoms with Crippen LogP contribution >= 0.6 is 0 Å². The van der Waals surface area contributed by atoms with E-state index >= 15 is 0 Å². The van der Waals surface area contributed by atoms with E-state index in [9.17, 15) is 22.8 Å². The van der Waals surface area contributed by atoms with E-state index in [4.69, 9.17) is 0 Å². The zero-order valence-electron chi connectivity index (χ0n) is 14.5. The van der Waals surface area contributed by atoms with Gasteiger partial charge in [0.25, 0.3) is 0 Å². The van der Waals surface area contributed by atoms with Gasteiger partial charge in [-0.25, -0.2) is 18.0 Å². The molecule has 1 fully saturated rings. The average molecular weight is 377 g/mol. The number of hydrogen-bond acceptors (Lipinski definition) is 2. The highest BCUT2D eigenvalue weighted by atomic mass is 19.1. The summed E-state index contributed by atoms with van der Waals surface area (Å²) in [5, 5.41) is 7.40. The van der Waals surface area contributed by atoms with Crippen molar-refractivity contribution >= 4 is 17.6 Å². The van der Waals surface area contributed by atoms with Crippen LogP contribution in [0.1, 0.15) is 24.0 Å². The van der Waals surface area contributed by atoms with Crippen LogP contribution in [0.25, 0.3) is 0 Å². The second-order valence-corrected chi connectivity index (χ2v) is 6.26. The third-order valence-corrected chi connectivity index (χ3v) is 4.49. The molecule has 0 spiro atoms. The molecule has 3 amide bonds. The highest BCUT2D eigenvalue weighted by molar-refractivity contribution is 5.95. The molecule has 2 unspecified atom stereocenters. The van der Waals surface area contributed by atoms with Crippen LogP contribution in [-0.4, -0.2) is 24.5 Å². The summed E-state index contributed by atoms with van der Waals surface area (Å²) in [7, 11) is 0. The predicted molar refractivity (Wildman–Crippen MR) is 93.8 cm³/mol. The summed E-state index contributed by atoms with van der Waals surface area (Å²) in [6, 6.07) is 5.63. The van der Waals surface area contributed by atoms with Crippen molar-refractivity contribution in [1.29, 1.82) is 0 Å². The first kappa shape index (κ1) is 18.8. The normalized spacial score (nSPS) is 18.9. The molecular formula is C19H18F3N3O2. The van der Waals surface area contributed by atoms with Gasteiger partial charge < -0.3 is 16.0 Å². The van der Waals surface area contributed by atoms with Crippen molar-refractivity contribution in [2.45, 2.75) is 25.3 Å². The van der Waals surface area contributed by atoms with E-state index in [0.717, 1.165) is 0 Å². The summed E-state index contributed by atoms with van der Waals surface area (Å²) in [6.07, 6.45) is 0.470. The van der Waals surface area contributed by atoms with Crippen LogP contribution in [0.15, 0.2) is 36.4 Å². The molecule has 142 valence electrons. The van der Waals surface area contributed by atoms with E-state index in [1.165, 1.54) is 36.4 Å². The van der Waals surface area contributed by atoms with E-state index in [0.29, 0.717) is 17.7 Å². The fourth-order valence-corrected chi connectivity index (χ4v) is 3.09. The van der Waals surface area contributed by atoms with Crippen LogP contribution in [-0.2, 0) is 11.2 Å². The summed E-state index contributed by atoms with van der Waals surface area (Å²) in [4.78, 5) is 24.3. The summed E-state index contributed by atoms with van der Waals surface area (Å²) in [5.41, 5.74) is 0.579. The molecule has 0 radical (unpaired) electrons. The molecule has 1 aliphatic heterocycles. The van der Waals surface area contributed by atoms with Crippen molar-refractivity contribution in [1.82, 2.24) is 10.6 Å². The summed E-state index contributed by atoms with van der Waals surface area (Å²) in [5.74, 6) is -3.38. The Bertz CT molecular complexity index is 848. The third kappa shape index (κ3) is 4.05. The number of benzene rings is 2. The Morgan fingerprint density at radius 1 is 1.15 bits per heavy atom. The minimum Gasteiger partial charge on any atom is -0.354 e. The van der Waals surface area contributed by atoms with Crippen LogP contribution in [0.3, 0.4) is 0 Å². The van der Waals surface area contributed by atoms with Gasteiger partial charge in [0.2, 0.25) is 5.91 Å². The number of amides is 3. The van der Waals surface area contributed by atoms with Crippen LogP contribution in [0.5, 0.6) is 0 Å². The van der Waals surface area contributed by atoms with E-state index < -0.39 is 41.3 Å². The lowest BCUT2D eigenvalue weighted by Gasteiger charge is -2.20. The molecule has 1 heterocycles. The second-order valence-electron chi connectivity index (χ2n) is 6.26. The van der Waals surface area contributed by atoms with Gasteiger partial charge in [0.05, 0.1) is 0 Å². The van der Waals surface area contributed by atoms with Crippen molar-refractivity contribution in [3.63, 3.8) is 0 Å². The number of hydrogen-bond donors (Lipinski definition) is 3. The SMILES string of the molecule is CCc1cc(F)c(C2CNC(=O)C2NC(=O)Nc2ccc(F)cc2)c(F)c1. The maximum Gasteiger partial charge on any atom is 0.319 e. The molecule has 27 heavy (non-hydrogen) atoms. The lowest BCUT2D eigenvalue weighted by molar-refractivity contribution is -0.120. The van der Waals surface area contributed by atoms with Gasteiger partial charge in [0, 0.05) is 23.7 Å². The topological polar surface area (TPSA) is 70.2 Å². The maximum atomic E-state index is 14.4. The van der Waals surface area contributed by atoms with Gasteiger partial charge in [-0.1, -0.05) is 6.92 Å². The quantitative estimate of drug-likeness (QED) is 0.766. The van der Waals surface area contributed by atoms with Gasteiger partial charge >= 0.3 is 6.03 Å². The Hall–Kier alpha value is -3.03. The van der Waals surface area contributed by atoms with E-state index in [2.05, 4.69) is 16.0 Å². The van der Waals surface area contributed by atoms with Crippen LogP contribution in [0, 0.1) is 17.5 Å². The maximum absolute atomic E-state index is 14.4.